The molecule has 1 rings (SSSR count). The molecule has 0 bridgehead atoms. The average Bonchev–Trinajstić information content (AvgIpc) is 2.15. The van der Waals surface area contributed by atoms with Crippen LogP contribution in [-0.4, -0.2) is 22.5 Å². The lowest BCUT2D eigenvalue weighted by Gasteiger charge is -2.05. The van der Waals surface area contributed by atoms with E-state index in [9.17, 15) is 19.3 Å². The summed E-state index contributed by atoms with van der Waals surface area (Å²) in [6, 6.07) is 1.88. The van der Waals surface area contributed by atoms with Gasteiger partial charge in [-0.05, 0) is 17.7 Å². The number of benzene rings is 1. The first-order valence-electron chi connectivity index (χ1n) is 4.35. The number of carboxylic acids is 1. The Hall–Kier alpha value is -2.18. The smallest absolute Gasteiger partial charge is 0.338 e. The predicted octanol–water partition coefficient (Wildman–Crippen LogP) is 0.925. The third-order valence-electron chi connectivity index (χ3n) is 2.02. The third kappa shape index (κ3) is 2.66. The van der Waals surface area contributed by atoms with Crippen molar-refractivity contribution in [1.29, 1.82) is 0 Å². The lowest BCUT2D eigenvalue weighted by molar-refractivity contribution is -0.479. The first-order valence-corrected chi connectivity index (χ1v) is 4.35. The van der Waals surface area contributed by atoms with E-state index in [0.29, 0.717) is 0 Å². The van der Waals surface area contributed by atoms with Crippen LogP contribution in [0.1, 0.15) is 15.9 Å². The van der Waals surface area contributed by atoms with Crippen molar-refractivity contribution < 1.29 is 19.2 Å². The van der Waals surface area contributed by atoms with E-state index >= 15 is 0 Å². The van der Waals surface area contributed by atoms with Gasteiger partial charge < -0.3 is 10.8 Å². The van der Waals surface area contributed by atoms with Crippen LogP contribution in [0, 0.1) is 15.9 Å². The molecule has 1 aromatic rings. The predicted molar refractivity (Wildman–Crippen MR) is 53.3 cm³/mol. The molecule has 0 aliphatic rings. The maximum atomic E-state index is 13.1. The minimum Gasteiger partial charge on any atom is -0.478 e. The van der Waals surface area contributed by atoms with Crippen molar-refractivity contribution >= 4 is 11.7 Å². The van der Waals surface area contributed by atoms with E-state index in [0.717, 1.165) is 12.1 Å². The normalized spacial score (nSPS) is 10.1. The molecule has 0 spiro atoms. The zero-order chi connectivity index (χ0) is 12.3. The lowest BCUT2D eigenvalue weighted by Crippen LogP contribution is -2.09. The fraction of sp³-hybridized carbons (Fsp3) is 0.222. The van der Waals surface area contributed by atoms with E-state index in [1.54, 1.807) is 0 Å². The highest BCUT2D eigenvalue weighted by Gasteiger charge is 2.14. The summed E-state index contributed by atoms with van der Waals surface area (Å²) in [5.74, 6) is -2.38. The molecule has 0 aromatic heterocycles. The maximum Gasteiger partial charge on any atom is 0.338 e. The number of carbonyl (C=O) groups is 1. The van der Waals surface area contributed by atoms with Crippen molar-refractivity contribution in [1.82, 2.24) is 0 Å². The first kappa shape index (κ1) is 11.9. The highest BCUT2D eigenvalue weighted by molar-refractivity contribution is 5.88. The molecule has 1 aromatic carbocycles. The minimum atomic E-state index is -1.43. The van der Waals surface area contributed by atoms with Gasteiger partial charge in [0.15, 0.2) is 0 Å². The molecule has 0 radical (unpaired) electrons. The summed E-state index contributed by atoms with van der Waals surface area (Å²) in [6.45, 7) is -0.380. The Labute approximate surface area is 89.6 Å². The van der Waals surface area contributed by atoms with E-state index < -0.39 is 22.3 Å². The quantitative estimate of drug-likeness (QED) is 0.452. The van der Waals surface area contributed by atoms with Gasteiger partial charge in [-0.2, -0.15) is 0 Å². The Kier molecular flexibility index (Phi) is 3.39. The molecule has 3 N–H and O–H groups in total. The van der Waals surface area contributed by atoms with Gasteiger partial charge in [-0.15, -0.1) is 0 Å². The topological polar surface area (TPSA) is 106 Å². The third-order valence-corrected chi connectivity index (χ3v) is 2.02. The molecule has 0 heterocycles. The van der Waals surface area contributed by atoms with E-state index in [-0.39, 0.29) is 24.2 Å². The van der Waals surface area contributed by atoms with Crippen LogP contribution in [0.25, 0.3) is 0 Å². The molecule has 0 aliphatic carbocycles. The lowest BCUT2D eigenvalue weighted by atomic mass is 10.1. The van der Waals surface area contributed by atoms with Gasteiger partial charge in [0.25, 0.3) is 0 Å². The van der Waals surface area contributed by atoms with Crippen molar-refractivity contribution in [2.45, 2.75) is 6.42 Å². The monoisotopic (exact) mass is 228 g/mol. The van der Waals surface area contributed by atoms with Crippen LogP contribution in [0.3, 0.4) is 0 Å². The Balaban J connectivity index is 3.05. The number of halogens is 1. The molecular weight excluding hydrogens is 219 g/mol. The number of nitrogen functional groups attached to an aromatic ring is 1. The summed E-state index contributed by atoms with van der Waals surface area (Å²) in [5, 5.41) is 18.8. The van der Waals surface area contributed by atoms with Gasteiger partial charge in [-0.1, -0.05) is 0 Å². The molecular formula is C9H9FN2O4. The standard InChI is InChI=1S/C9H9FN2O4/c10-7-4-8(11)5(1-2-12(15)16)3-6(7)9(13)14/h3-4H,1-2,11H2,(H,13,14). The fourth-order valence-corrected chi connectivity index (χ4v) is 1.23. The highest BCUT2D eigenvalue weighted by atomic mass is 19.1. The SMILES string of the molecule is Nc1cc(F)c(C(=O)O)cc1CC[N+](=O)[O-]. The number of hydrogen-bond donors (Lipinski definition) is 2. The number of nitrogens with two attached hydrogens (primary N) is 1. The molecule has 0 fully saturated rings. The zero-order valence-corrected chi connectivity index (χ0v) is 8.14. The summed E-state index contributed by atoms with van der Waals surface area (Å²) in [4.78, 5) is 20.2. The van der Waals surface area contributed by atoms with Gasteiger partial charge in [0.05, 0.1) is 5.56 Å². The van der Waals surface area contributed by atoms with Crippen molar-refractivity contribution in [3.63, 3.8) is 0 Å². The molecule has 0 atom stereocenters. The van der Waals surface area contributed by atoms with Crippen molar-refractivity contribution in [2.75, 3.05) is 12.3 Å². The highest BCUT2D eigenvalue weighted by Crippen LogP contribution is 2.18. The molecule has 0 saturated carbocycles. The minimum absolute atomic E-state index is 0.0179. The van der Waals surface area contributed by atoms with Gasteiger partial charge in [-0.3, -0.25) is 10.1 Å². The Morgan fingerprint density at radius 1 is 1.56 bits per heavy atom. The van der Waals surface area contributed by atoms with Gasteiger partial charge >= 0.3 is 5.97 Å². The van der Waals surface area contributed by atoms with Crippen LogP contribution in [0.4, 0.5) is 10.1 Å². The second-order valence-corrected chi connectivity index (χ2v) is 3.14. The number of carboxylic acid groups (broad SMARTS) is 1. The van der Waals surface area contributed by atoms with Crippen LogP contribution < -0.4 is 5.73 Å². The summed E-state index contributed by atoms with van der Waals surface area (Å²) in [7, 11) is 0. The van der Waals surface area contributed by atoms with E-state index in [2.05, 4.69) is 0 Å². The fourth-order valence-electron chi connectivity index (χ4n) is 1.23. The van der Waals surface area contributed by atoms with Crippen LogP contribution >= 0.6 is 0 Å². The van der Waals surface area contributed by atoms with Crippen molar-refractivity contribution in [2.24, 2.45) is 0 Å². The summed E-state index contributed by atoms with van der Waals surface area (Å²) in [6.07, 6.45) is -0.0284. The molecule has 0 aliphatic heterocycles. The number of hydrogen-bond acceptors (Lipinski definition) is 4. The molecule has 16 heavy (non-hydrogen) atoms. The van der Waals surface area contributed by atoms with Crippen LogP contribution in [0.15, 0.2) is 12.1 Å². The Bertz CT molecular complexity index is 447. The van der Waals surface area contributed by atoms with E-state index in [1.165, 1.54) is 0 Å². The van der Waals surface area contributed by atoms with Crippen LogP contribution in [0.2, 0.25) is 0 Å². The van der Waals surface area contributed by atoms with Gasteiger partial charge in [0.1, 0.15) is 5.82 Å². The summed E-state index contributed by atoms with van der Waals surface area (Å²) in [5.41, 5.74) is 5.16. The van der Waals surface area contributed by atoms with Gasteiger partial charge in [0.2, 0.25) is 6.54 Å². The maximum absolute atomic E-state index is 13.1. The average molecular weight is 228 g/mol. The Morgan fingerprint density at radius 3 is 2.69 bits per heavy atom. The largest absolute Gasteiger partial charge is 0.478 e. The summed E-state index contributed by atoms with van der Waals surface area (Å²) >= 11 is 0. The summed E-state index contributed by atoms with van der Waals surface area (Å²) < 4.78 is 13.1. The van der Waals surface area contributed by atoms with E-state index in [4.69, 9.17) is 10.8 Å². The van der Waals surface area contributed by atoms with Crippen molar-refractivity contribution in [3.05, 3.63) is 39.2 Å². The Morgan fingerprint density at radius 2 is 2.19 bits per heavy atom. The van der Waals surface area contributed by atoms with Crippen molar-refractivity contribution in [3.8, 4) is 0 Å². The van der Waals surface area contributed by atoms with Crippen LogP contribution in [-0.2, 0) is 6.42 Å². The molecule has 0 unspecified atom stereocenters. The number of anilines is 1. The van der Waals surface area contributed by atoms with Crippen LogP contribution in [0.5, 0.6) is 0 Å². The molecule has 6 nitrogen and oxygen atoms in total. The molecule has 0 saturated heterocycles. The zero-order valence-electron chi connectivity index (χ0n) is 8.14. The number of nitro groups is 1. The molecule has 86 valence electrons. The molecule has 7 heteroatoms. The molecule has 0 amide bonds. The number of aromatic carboxylic acids is 1. The second kappa shape index (κ2) is 4.56. The first-order chi connectivity index (χ1) is 7.41. The van der Waals surface area contributed by atoms with Gasteiger partial charge in [-0.25, -0.2) is 9.18 Å². The number of nitrogens with zero attached hydrogens (tertiary/aromatic N) is 1. The van der Waals surface area contributed by atoms with E-state index in [1.807, 2.05) is 0 Å². The number of rotatable bonds is 4. The van der Waals surface area contributed by atoms with Gasteiger partial charge in [0, 0.05) is 17.0 Å². The second-order valence-electron chi connectivity index (χ2n) is 3.14.